The predicted molar refractivity (Wildman–Crippen MR) is 101 cm³/mol. The van der Waals surface area contributed by atoms with E-state index in [0.717, 1.165) is 11.1 Å². The maximum atomic E-state index is 12.5. The first-order chi connectivity index (χ1) is 11.7. The van der Waals surface area contributed by atoms with Crippen molar-refractivity contribution in [1.29, 1.82) is 0 Å². The highest BCUT2D eigenvalue weighted by molar-refractivity contribution is 7.53. The molecule has 1 amide bonds. The van der Waals surface area contributed by atoms with Crippen molar-refractivity contribution < 1.29 is 19.1 Å². The molecule has 0 spiro atoms. The van der Waals surface area contributed by atoms with E-state index in [1.54, 1.807) is 24.3 Å². The minimum Gasteiger partial charge on any atom is -0.325 e. The van der Waals surface area contributed by atoms with E-state index in [4.69, 9.17) is 11.6 Å². The molecule has 0 aromatic heterocycles. The fourth-order valence-corrected chi connectivity index (χ4v) is 3.73. The summed E-state index contributed by atoms with van der Waals surface area (Å²) in [5.41, 5.74) is 0.723. The van der Waals surface area contributed by atoms with Gasteiger partial charge in [-0.2, -0.15) is 0 Å². The van der Waals surface area contributed by atoms with Crippen molar-refractivity contribution in [3.8, 4) is 11.1 Å². The summed E-state index contributed by atoms with van der Waals surface area (Å²) >= 11 is 5.91. The average molecular weight is 382 g/mol. The Balaban J connectivity index is 2.32. The summed E-state index contributed by atoms with van der Waals surface area (Å²) < 4.78 is 11.7. The Morgan fingerprint density at radius 1 is 1.12 bits per heavy atom. The zero-order valence-corrected chi connectivity index (χ0v) is 15.7. The summed E-state index contributed by atoms with van der Waals surface area (Å²) in [7, 11) is -4.55. The van der Waals surface area contributed by atoms with Crippen LogP contribution in [0.3, 0.4) is 0 Å². The zero-order valence-electron chi connectivity index (χ0n) is 14.0. The molecule has 2 aromatic carbocycles. The zero-order chi connectivity index (χ0) is 18.6. The summed E-state index contributed by atoms with van der Waals surface area (Å²) in [6, 6.07) is 14.2. The van der Waals surface area contributed by atoms with Crippen molar-refractivity contribution >= 4 is 30.8 Å². The number of nitrogens with one attached hydrogen (secondary N) is 1. The molecule has 0 heterocycles. The number of hydrogen-bond donors (Lipinski definition) is 3. The van der Waals surface area contributed by atoms with Crippen molar-refractivity contribution in [3.63, 3.8) is 0 Å². The molecule has 0 aliphatic heterocycles. The van der Waals surface area contributed by atoms with Gasteiger partial charge in [-0.15, -0.1) is 0 Å². The second-order valence-corrected chi connectivity index (χ2v) is 8.51. The van der Waals surface area contributed by atoms with Crippen LogP contribution in [0, 0.1) is 5.92 Å². The molecule has 1 unspecified atom stereocenters. The molecule has 0 fully saturated rings. The van der Waals surface area contributed by atoms with Crippen molar-refractivity contribution in [2.24, 2.45) is 5.92 Å². The highest BCUT2D eigenvalue weighted by Crippen LogP contribution is 2.45. The number of anilines is 1. The quantitative estimate of drug-likeness (QED) is 0.641. The van der Waals surface area contributed by atoms with Gasteiger partial charge in [-0.1, -0.05) is 55.8 Å². The smallest absolute Gasteiger partial charge is 0.325 e. The number of para-hydroxylation sites is 1. The van der Waals surface area contributed by atoms with Crippen molar-refractivity contribution in [1.82, 2.24) is 0 Å². The highest BCUT2D eigenvalue weighted by atomic mass is 35.5. The molecule has 134 valence electrons. The molecular formula is C18H21ClNO4P. The maximum Gasteiger partial charge on any atom is 0.337 e. The van der Waals surface area contributed by atoms with E-state index in [9.17, 15) is 19.1 Å². The molecule has 0 radical (unpaired) electrons. The maximum absolute atomic E-state index is 12.5. The first-order valence-corrected chi connectivity index (χ1v) is 9.95. The molecule has 0 saturated heterocycles. The molecule has 25 heavy (non-hydrogen) atoms. The molecule has 5 nitrogen and oxygen atoms in total. The third-order valence-electron chi connectivity index (χ3n) is 3.74. The number of carbonyl (C=O) groups excluding carboxylic acids is 1. The van der Waals surface area contributed by atoms with E-state index < -0.39 is 19.2 Å². The van der Waals surface area contributed by atoms with Gasteiger partial charge >= 0.3 is 7.60 Å². The van der Waals surface area contributed by atoms with Gasteiger partial charge in [-0.3, -0.25) is 9.36 Å². The molecule has 1 atom stereocenters. The van der Waals surface area contributed by atoms with Crippen molar-refractivity contribution in [3.05, 3.63) is 53.6 Å². The number of carbonyl (C=O) groups is 1. The van der Waals surface area contributed by atoms with Crippen LogP contribution in [0.4, 0.5) is 5.69 Å². The van der Waals surface area contributed by atoms with Gasteiger partial charge in [0.25, 0.3) is 0 Å². The van der Waals surface area contributed by atoms with E-state index in [1.807, 2.05) is 38.1 Å². The van der Waals surface area contributed by atoms with Gasteiger partial charge in [0.15, 0.2) is 0 Å². The number of amides is 1. The van der Waals surface area contributed by atoms with Gasteiger partial charge in [-0.05, 0) is 36.1 Å². The average Bonchev–Trinajstić information content (AvgIpc) is 2.53. The predicted octanol–water partition coefficient (Wildman–Crippen LogP) is 4.54. The molecule has 7 heteroatoms. The Hall–Kier alpha value is -1.65. The van der Waals surface area contributed by atoms with Gasteiger partial charge in [0.05, 0.1) is 0 Å². The third kappa shape index (κ3) is 5.41. The number of rotatable bonds is 6. The second kappa shape index (κ2) is 8.15. The van der Waals surface area contributed by atoms with Gasteiger partial charge in [0.2, 0.25) is 5.91 Å². The molecule has 0 aliphatic rings. The monoisotopic (exact) mass is 381 g/mol. The van der Waals surface area contributed by atoms with E-state index in [-0.39, 0.29) is 12.3 Å². The van der Waals surface area contributed by atoms with Crippen LogP contribution in [0.15, 0.2) is 48.5 Å². The Bertz CT molecular complexity index is 786. The summed E-state index contributed by atoms with van der Waals surface area (Å²) in [5, 5.41) is 3.27. The van der Waals surface area contributed by atoms with E-state index >= 15 is 0 Å². The van der Waals surface area contributed by atoms with Crippen LogP contribution in [-0.2, 0) is 9.36 Å². The Kier molecular flexibility index (Phi) is 6.42. The van der Waals surface area contributed by atoms with Gasteiger partial charge in [0, 0.05) is 16.3 Å². The molecule has 0 aliphatic carbocycles. The summed E-state index contributed by atoms with van der Waals surface area (Å²) in [5.74, 6) is -0.696. The van der Waals surface area contributed by atoms with Crippen molar-refractivity contribution in [2.75, 3.05) is 5.32 Å². The van der Waals surface area contributed by atoms with Crippen LogP contribution in [0.5, 0.6) is 0 Å². The number of benzene rings is 2. The SMILES string of the molecule is CC(C)CC(C(=O)Nc1ccccc1-c1ccc(Cl)cc1)P(=O)(O)O. The molecule has 0 saturated carbocycles. The van der Waals surface area contributed by atoms with Crippen LogP contribution in [0.25, 0.3) is 11.1 Å². The third-order valence-corrected chi connectivity index (χ3v) is 5.25. The van der Waals surface area contributed by atoms with Gasteiger partial charge < -0.3 is 15.1 Å². The number of hydrogen-bond acceptors (Lipinski definition) is 2. The summed E-state index contributed by atoms with van der Waals surface area (Å²) in [6.07, 6.45) is 0.110. The van der Waals surface area contributed by atoms with E-state index in [1.165, 1.54) is 0 Å². The van der Waals surface area contributed by atoms with Crippen LogP contribution < -0.4 is 5.32 Å². The Morgan fingerprint density at radius 3 is 2.28 bits per heavy atom. The Morgan fingerprint density at radius 2 is 1.72 bits per heavy atom. The standard InChI is InChI=1S/C18H21ClNO4P/c1-12(2)11-17(25(22,23)24)18(21)20-16-6-4-3-5-15(16)13-7-9-14(19)10-8-13/h3-10,12,17H,11H2,1-2H3,(H,20,21)(H2,22,23,24). The van der Waals surface area contributed by atoms with E-state index in [0.29, 0.717) is 10.7 Å². The van der Waals surface area contributed by atoms with E-state index in [2.05, 4.69) is 5.32 Å². The largest absolute Gasteiger partial charge is 0.337 e. The minimum atomic E-state index is -4.55. The van der Waals surface area contributed by atoms with Gasteiger partial charge in [0.1, 0.15) is 5.66 Å². The molecule has 0 bridgehead atoms. The fraction of sp³-hybridized carbons (Fsp3) is 0.278. The Labute approximate surface area is 152 Å². The normalized spacial score (nSPS) is 12.9. The van der Waals surface area contributed by atoms with Crippen LogP contribution >= 0.6 is 19.2 Å². The molecular weight excluding hydrogens is 361 g/mol. The first-order valence-electron chi connectivity index (χ1n) is 7.89. The topological polar surface area (TPSA) is 86.6 Å². The lowest BCUT2D eigenvalue weighted by atomic mass is 10.0. The minimum absolute atomic E-state index is 0.0186. The summed E-state index contributed by atoms with van der Waals surface area (Å²) in [6.45, 7) is 3.63. The molecule has 2 rings (SSSR count). The lowest BCUT2D eigenvalue weighted by Gasteiger charge is -2.20. The van der Waals surface area contributed by atoms with Crippen LogP contribution in [-0.4, -0.2) is 21.4 Å². The van der Waals surface area contributed by atoms with Crippen LogP contribution in [0.2, 0.25) is 5.02 Å². The van der Waals surface area contributed by atoms with Gasteiger partial charge in [-0.25, -0.2) is 0 Å². The summed E-state index contributed by atoms with van der Waals surface area (Å²) in [4.78, 5) is 31.6. The molecule has 3 N–H and O–H groups in total. The fourth-order valence-electron chi connectivity index (χ4n) is 2.53. The highest BCUT2D eigenvalue weighted by Gasteiger charge is 2.36. The lowest BCUT2D eigenvalue weighted by molar-refractivity contribution is -0.116. The second-order valence-electron chi connectivity index (χ2n) is 6.28. The number of halogens is 1. The van der Waals surface area contributed by atoms with Crippen molar-refractivity contribution in [2.45, 2.75) is 25.9 Å². The first kappa shape index (κ1) is 19.7. The molecule has 2 aromatic rings. The lowest BCUT2D eigenvalue weighted by Crippen LogP contribution is -2.29. The van der Waals surface area contributed by atoms with Crippen LogP contribution in [0.1, 0.15) is 20.3 Å².